The summed E-state index contributed by atoms with van der Waals surface area (Å²) < 4.78 is 26.3. The predicted molar refractivity (Wildman–Crippen MR) is 137 cm³/mol. The van der Waals surface area contributed by atoms with Gasteiger partial charge >= 0.3 is 0 Å². The fourth-order valence-electron chi connectivity index (χ4n) is 4.75. The van der Waals surface area contributed by atoms with Crippen LogP contribution in [0.5, 0.6) is 0 Å². The van der Waals surface area contributed by atoms with Gasteiger partial charge in [0.05, 0.1) is 24.1 Å². The normalized spacial score (nSPS) is 17.7. The van der Waals surface area contributed by atoms with E-state index in [4.69, 9.17) is 0 Å². The number of likely N-dealkylation sites (tertiary alicyclic amines) is 1. The summed E-state index contributed by atoms with van der Waals surface area (Å²) in [6.07, 6.45) is 4.07. The topological polar surface area (TPSA) is 112 Å². The molecule has 1 aromatic carbocycles. The van der Waals surface area contributed by atoms with Crippen LogP contribution in [0.3, 0.4) is 0 Å². The second-order valence-electron chi connectivity index (χ2n) is 9.95. The van der Waals surface area contributed by atoms with Crippen molar-refractivity contribution in [2.24, 2.45) is 5.92 Å². The van der Waals surface area contributed by atoms with Gasteiger partial charge in [-0.3, -0.25) is 14.5 Å². The fraction of sp³-hybridized carbons (Fsp3) is 0.600. The van der Waals surface area contributed by atoms with Crippen LogP contribution in [0.25, 0.3) is 10.9 Å². The molecule has 1 unspecified atom stereocenters. The highest BCUT2D eigenvalue weighted by atomic mass is 32.2. The predicted octanol–water partition coefficient (Wildman–Crippen LogP) is 2.22. The molecule has 2 heterocycles. The molecular weight excluding hydrogens is 468 g/mol. The fourth-order valence-corrected chi connectivity index (χ4v) is 5.19. The van der Waals surface area contributed by atoms with Crippen molar-refractivity contribution >= 4 is 32.6 Å². The number of carbonyl (C=O) groups excluding carboxylic acids is 2. The number of sulfonamides is 1. The Labute approximate surface area is 208 Å². The number of fused-ring (bicyclic) bond motifs is 1. The third kappa shape index (κ3) is 6.69. The molecular formula is C25H38N4O5S. The zero-order chi connectivity index (χ0) is 25.9. The number of rotatable bonds is 10. The first kappa shape index (κ1) is 27.3. The van der Waals surface area contributed by atoms with Gasteiger partial charge in [0.15, 0.2) is 0 Å². The molecule has 2 atom stereocenters. The second kappa shape index (κ2) is 11.2. The van der Waals surface area contributed by atoms with Crippen molar-refractivity contribution in [3.8, 4) is 0 Å². The lowest BCUT2D eigenvalue weighted by atomic mass is 9.91. The van der Waals surface area contributed by atoms with E-state index in [1.165, 1.54) is 11.4 Å². The van der Waals surface area contributed by atoms with Crippen molar-refractivity contribution < 1.29 is 23.1 Å². The molecule has 2 aromatic rings. The van der Waals surface area contributed by atoms with Crippen molar-refractivity contribution in [1.29, 1.82) is 0 Å². The monoisotopic (exact) mass is 506 g/mol. The highest BCUT2D eigenvalue weighted by Gasteiger charge is 2.28. The zero-order valence-electron chi connectivity index (χ0n) is 21.3. The quantitative estimate of drug-likeness (QED) is 0.378. The average molecular weight is 507 g/mol. The van der Waals surface area contributed by atoms with Gasteiger partial charge in [-0.15, -0.1) is 0 Å². The number of ketones is 1. The van der Waals surface area contributed by atoms with Gasteiger partial charge in [0.1, 0.15) is 0 Å². The third-order valence-corrected chi connectivity index (χ3v) is 8.21. The maximum atomic E-state index is 13.0. The first-order valence-corrected chi connectivity index (χ1v) is 14.0. The minimum Gasteiger partial charge on any atom is -0.392 e. The van der Waals surface area contributed by atoms with Crippen molar-refractivity contribution in [2.45, 2.75) is 58.3 Å². The first-order chi connectivity index (χ1) is 16.4. The van der Waals surface area contributed by atoms with Gasteiger partial charge < -0.3 is 15.0 Å². The standard InChI is InChI=1S/C25H38N4O5S/c1-17(2)29-16-22(21-8-6-7-9-23(21)29)24(31)25(32)26-18(3)28-12-10-19(11-13-28)14-20(30)15-27(4)35(5,33)34/h6-9,16-20,30H,10-15H2,1-5H3,(H,26,32)/t18-,20?/m1/s1. The molecule has 2 N–H and O–H groups in total. The van der Waals surface area contributed by atoms with Crippen molar-refractivity contribution in [1.82, 2.24) is 19.1 Å². The summed E-state index contributed by atoms with van der Waals surface area (Å²) in [5.41, 5.74) is 1.34. The number of nitrogens with one attached hydrogen (secondary N) is 1. The van der Waals surface area contributed by atoms with E-state index < -0.39 is 27.8 Å². The Balaban J connectivity index is 1.54. The zero-order valence-corrected chi connectivity index (χ0v) is 22.1. The summed E-state index contributed by atoms with van der Waals surface area (Å²) in [6.45, 7) is 7.48. The molecule has 1 aromatic heterocycles. The van der Waals surface area contributed by atoms with Crippen LogP contribution < -0.4 is 5.32 Å². The number of nitrogens with zero attached hydrogens (tertiary/aromatic N) is 3. The van der Waals surface area contributed by atoms with E-state index in [2.05, 4.69) is 10.2 Å². The van der Waals surface area contributed by atoms with E-state index in [0.717, 1.165) is 43.1 Å². The SMILES string of the molecule is CC(C)n1cc(C(=O)C(=O)N[C@@H](C)N2CCC(CC(O)CN(C)S(C)(=O)=O)CC2)c2ccccc21. The maximum absolute atomic E-state index is 13.0. The number of amides is 1. The van der Waals surface area contributed by atoms with Gasteiger partial charge in [-0.2, -0.15) is 0 Å². The van der Waals surface area contributed by atoms with Gasteiger partial charge in [0.25, 0.3) is 11.7 Å². The van der Waals surface area contributed by atoms with Gasteiger partial charge in [0, 0.05) is 49.8 Å². The Kier molecular flexibility index (Phi) is 8.74. The summed E-state index contributed by atoms with van der Waals surface area (Å²) in [5, 5.41) is 13.9. The van der Waals surface area contributed by atoms with Crippen LogP contribution in [0.15, 0.2) is 30.5 Å². The minimum atomic E-state index is -3.32. The second-order valence-corrected chi connectivity index (χ2v) is 12.0. The molecule has 10 heteroatoms. The number of Topliss-reactive ketones (excluding diaryl/α,β-unsaturated/α-hetero) is 1. The van der Waals surface area contributed by atoms with E-state index in [-0.39, 0.29) is 24.7 Å². The lowest BCUT2D eigenvalue weighted by Gasteiger charge is -2.36. The van der Waals surface area contributed by atoms with E-state index in [9.17, 15) is 23.1 Å². The summed E-state index contributed by atoms with van der Waals surface area (Å²) in [7, 11) is -1.85. The lowest BCUT2D eigenvalue weighted by Crippen LogP contribution is -2.51. The highest BCUT2D eigenvalue weighted by Crippen LogP contribution is 2.26. The Morgan fingerprint density at radius 2 is 1.80 bits per heavy atom. The molecule has 1 aliphatic rings. The van der Waals surface area contributed by atoms with Crippen LogP contribution in [0.2, 0.25) is 0 Å². The minimum absolute atomic E-state index is 0.0842. The number of aliphatic hydroxyl groups excluding tert-OH is 1. The third-order valence-electron chi connectivity index (χ3n) is 6.92. The number of hydrogen-bond donors (Lipinski definition) is 2. The molecule has 0 bridgehead atoms. The number of para-hydroxylation sites is 1. The molecule has 0 radical (unpaired) electrons. The molecule has 1 fully saturated rings. The molecule has 0 spiro atoms. The molecule has 0 aliphatic carbocycles. The number of benzene rings is 1. The lowest BCUT2D eigenvalue weighted by molar-refractivity contribution is -0.118. The van der Waals surface area contributed by atoms with E-state index in [1.54, 1.807) is 6.20 Å². The average Bonchev–Trinajstić information content (AvgIpc) is 3.18. The number of piperidine rings is 1. The number of aliphatic hydroxyl groups is 1. The molecule has 1 saturated heterocycles. The van der Waals surface area contributed by atoms with Crippen molar-refractivity contribution in [3.63, 3.8) is 0 Å². The summed E-state index contributed by atoms with van der Waals surface area (Å²) >= 11 is 0. The van der Waals surface area contributed by atoms with E-state index in [0.29, 0.717) is 12.0 Å². The molecule has 1 amide bonds. The summed E-state index contributed by atoms with van der Waals surface area (Å²) in [6, 6.07) is 7.77. The van der Waals surface area contributed by atoms with Crippen LogP contribution in [0.4, 0.5) is 0 Å². The number of aromatic nitrogens is 1. The van der Waals surface area contributed by atoms with Crippen LogP contribution in [-0.2, 0) is 14.8 Å². The highest BCUT2D eigenvalue weighted by molar-refractivity contribution is 7.88. The van der Waals surface area contributed by atoms with Gasteiger partial charge in [0.2, 0.25) is 10.0 Å². The summed E-state index contributed by atoms with van der Waals surface area (Å²) in [4.78, 5) is 28.0. The van der Waals surface area contributed by atoms with Crippen molar-refractivity contribution in [3.05, 3.63) is 36.0 Å². The van der Waals surface area contributed by atoms with Crippen molar-refractivity contribution in [2.75, 3.05) is 32.9 Å². The van der Waals surface area contributed by atoms with Gasteiger partial charge in [-0.05, 0) is 52.0 Å². The van der Waals surface area contributed by atoms with Crippen LogP contribution in [0, 0.1) is 5.92 Å². The van der Waals surface area contributed by atoms with E-state index in [1.807, 2.05) is 49.6 Å². The first-order valence-electron chi connectivity index (χ1n) is 12.2. The number of likely N-dealkylation sites (N-methyl/N-ethyl adjacent to an activating group) is 1. The summed E-state index contributed by atoms with van der Waals surface area (Å²) in [5.74, 6) is -0.883. The smallest absolute Gasteiger partial charge is 0.293 e. The Hall–Kier alpha value is -2.27. The Morgan fingerprint density at radius 1 is 1.17 bits per heavy atom. The largest absolute Gasteiger partial charge is 0.392 e. The number of hydrogen-bond acceptors (Lipinski definition) is 6. The molecule has 9 nitrogen and oxygen atoms in total. The Morgan fingerprint density at radius 3 is 2.40 bits per heavy atom. The molecule has 194 valence electrons. The molecule has 0 saturated carbocycles. The van der Waals surface area contributed by atoms with Gasteiger partial charge in [-0.1, -0.05) is 18.2 Å². The maximum Gasteiger partial charge on any atom is 0.293 e. The molecule has 1 aliphatic heterocycles. The Bertz CT molecular complexity index is 1150. The molecule has 3 rings (SSSR count). The van der Waals surface area contributed by atoms with Gasteiger partial charge in [-0.25, -0.2) is 12.7 Å². The van der Waals surface area contributed by atoms with Crippen LogP contribution in [-0.4, -0.2) is 84.2 Å². The molecule has 35 heavy (non-hydrogen) atoms. The van der Waals surface area contributed by atoms with Crippen LogP contribution in [0.1, 0.15) is 56.4 Å². The van der Waals surface area contributed by atoms with Crippen LogP contribution >= 0.6 is 0 Å². The number of carbonyl (C=O) groups is 2. The van der Waals surface area contributed by atoms with E-state index >= 15 is 0 Å².